The normalized spacial score (nSPS) is 11.5. The molecule has 0 saturated carbocycles. The molecule has 0 fully saturated rings. The number of hydrogen-bond acceptors (Lipinski definition) is 2. The van der Waals surface area contributed by atoms with E-state index in [0.29, 0.717) is 0 Å². The Morgan fingerprint density at radius 3 is 2.20 bits per heavy atom. The van der Waals surface area contributed by atoms with E-state index in [1.165, 1.54) is 0 Å². The maximum Gasteiger partial charge on any atom is 0.0506 e. The van der Waals surface area contributed by atoms with Crippen molar-refractivity contribution < 1.29 is 10.2 Å². The summed E-state index contributed by atoms with van der Waals surface area (Å²) in [5, 5.41) is 17.6. The SMILES string of the molecule is C=CCCC(C)(CO)CO. The maximum atomic E-state index is 8.82. The Balaban J connectivity index is 3.68. The van der Waals surface area contributed by atoms with E-state index in [1.54, 1.807) is 6.08 Å². The number of hydrogen-bond donors (Lipinski definition) is 2. The molecule has 2 N–H and O–H groups in total. The molecular weight excluding hydrogens is 128 g/mol. The molecule has 10 heavy (non-hydrogen) atoms. The van der Waals surface area contributed by atoms with Gasteiger partial charge in [0.15, 0.2) is 0 Å². The maximum absolute atomic E-state index is 8.82. The van der Waals surface area contributed by atoms with Gasteiger partial charge in [0.05, 0.1) is 13.2 Å². The summed E-state index contributed by atoms with van der Waals surface area (Å²) in [5.74, 6) is 0. The van der Waals surface area contributed by atoms with E-state index >= 15 is 0 Å². The molecule has 0 aromatic carbocycles. The van der Waals surface area contributed by atoms with E-state index in [9.17, 15) is 0 Å². The summed E-state index contributed by atoms with van der Waals surface area (Å²) in [4.78, 5) is 0. The predicted octanol–water partition coefficient (Wildman–Crippen LogP) is 0.944. The summed E-state index contributed by atoms with van der Waals surface area (Å²) in [6.45, 7) is 5.50. The fraction of sp³-hybridized carbons (Fsp3) is 0.750. The van der Waals surface area contributed by atoms with Gasteiger partial charge in [0.2, 0.25) is 0 Å². The molecule has 0 atom stereocenters. The third-order valence-corrected chi connectivity index (χ3v) is 1.72. The average molecular weight is 144 g/mol. The minimum absolute atomic E-state index is 0.0390. The van der Waals surface area contributed by atoms with E-state index in [-0.39, 0.29) is 18.6 Å². The Bertz CT molecular complexity index is 95.4. The second-order valence-electron chi connectivity index (χ2n) is 2.95. The first-order chi connectivity index (χ1) is 4.68. The van der Waals surface area contributed by atoms with Gasteiger partial charge < -0.3 is 10.2 Å². The summed E-state index contributed by atoms with van der Waals surface area (Å²) in [6.07, 6.45) is 3.44. The van der Waals surface area contributed by atoms with Crippen LogP contribution in [0.4, 0.5) is 0 Å². The summed E-state index contributed by atoms with van der Waals surface area (Å²) in [5.41, 5.74) is -0.325. The first kappa shape index (κ1) is 9.66. The molecule has 2 heteroatoms. The van der Waals surface area contributed by atoms with Gasteiger partial charge >= 0.3 is 0 Å². The van der Waals surface area contributed by atoms with Crippen molar-refractivity contribution in [2.75, 3.05) is 13.2 Å². The monoisotopic (exact) mass is 144 g/mol. The van der Waals surface area contributed by atoms with Crippen LogP contribution in [0.5, 0.6) is 0 Å². The zero-order valence-electron chi connectivity index (χ0n) is 6.51. The minimum Gasteiger partial charge on any atom is -0.396 e. The summed E-state index contributed by atoms with van der Waals surface area (Å²) in [6, 6.07) is 0. The van der Waals surface area contributed by atoms with Gasteiger partial charge in [-0.1, -0.05) is 13.0 Å². The second-order valence-corrected chi connectivity index (χ2v) is 2.95. The molecule has 0 aliphatic heterocycles. The van der Waals surface area contributed by atoms with E-state index < -0.39 is 0 Å². The van der Waals surface area contributed by atoms with Crippen LogP contribution in [0.2, 0.25) is 0 Å². The minimum atomic E-state index is -0.325. The fourth-order valence-electron chi connectivity index (χ4n) is 0.659. The molecule has 0 unspecified atom stereocenters. The van der Waals surface area contributed by atoms with E-state index in [1.807, 2.05) is 6.92 Å². The van der Waals surface area contributed by atoms with Gasteiger partial charge in [0, 0.05) is 5.41 Å². The topological polar surface area (TPSA) is 40.5 Å². The first-order valence-electron chi connectivity index (χ1n) is 3.51. The van der Waals surface area contributed by atoms with Gasteiger partial charge in [-0.2, -0.15) is 0 Å². The highest BCUT2D eigenvalue weighted by Gasteiger charge is 2.20. The number of allylic oxidation sites excluding steroid dienone is 1. The molecule has 0 saturated heterocycles. The highest BCUT2D eigenvalue weighted by Crippen LogP contribution is 2.21. The van der Waals surface area contributed by atoms with Crippen LogP contribution in [0, 0.1) is 5.41 Å². The van der Waals surface area contributed by atoms with Crippen molar-refractivity contribution in [3.63, 3.8) is 0 Å². The Morgan fingerprint density at radius 2 is 1.90 bits per heavy atom. The third-order valence-electron chi connectivity index (χ3n) is 1.72. The highest BCUT2D eigenvalue weighted by atomic mass is 16.3. The predicted molar refractivity (Wildman–Crippen MR) is 41.7 cm³/mol. The van der Waals surface area contributed by atoms with Crippen molar-refractivity contribution in [3.05, 3.63) is 12.7 Å². The lowest BCUT2D eigenvalue weighted by molar-refractivity contribution is 0.0637. The summed E-state index contributed by atoms with van der Waals surface area (Å²) >= 11 is 0. The van der Waals surface area contributed by atoms with Gasteiger partial charge in [-0.3, -0.25) is 0 Å². The fourth-order valence-corrected chi connectivity index (χ4v) is 0.659. The molecule has 0 heterocycles. The van der Waals surface area contributed by atoms with Crippen LogP contribution in [0.3, 0.4) is 0 Å². The molecule has 0 bridgehead atoms. The van der Waals surface area contributed by atoms with Crippen molar-refractivity contribution >= 4 is 0 Å². The van der Waals surface area contributed by atoms with Crippen LogP contribution < -0.4 is 0 Å². The summed E-state index contributed by atoms with van der Waals surface area (Å²) in [7, 11) is 0. The summed E-state index contributed by atoms with van der Waals surface area (Å²) < 4.78 is 0. The van der Waals surface area contributed by atoms with Crippen LogP contribution in [0.25, 0.3) is 0 Å². The third kappa shape index (κ3) is 2.99. The van der Waals surface area contributed by atoms with Crippen LogP contribution in [-0.4, -0.2) is 23.4 Å². The molecule has 0 aromatic heterocycles. The number of aliphatic hydroxyl groups is 2. The smallest absolute Gasteiger partial charge is 0.0506 e. The molecule has 0 aliphatic rings. The zero-order valence-corrected chi connectivity index (χ0v) is 6.51. The largest absolute Gasteiger partial charge is 0.396 e. The van der Waals surface area contributed by atoms with Gasteiger partial charge in [0.25, 0.3) is 0 Å². The van der Waals surface area contributed by atoms with Gasteiger partial charge in [-0.15, -0.1) is 6.58 Å². The van der Waals surface area contributed by atoms with Crippen LogP contribution in [-0.2, 0) is 0 Å². The Hall–Kier alpha value is -0.340. The first-order valence-corrected chi connectivity index (χ1v) is 3.51. The van der Waals surface area contributed by atoms with Crippen LogP contribution in [0.15, 0.2) is 12.7 Å². The molecule has 0 aliphatic carbocycles. The van der Waals surface area contributed by atoms with Crippen molar-refractivity contribution in [1.82, 2.24) is 0 Å². The standard InChI is InChI=1S/C8H16O2/c1-3-4-5-8(2,6-9)7-10/h3,9-10H,1,4-7H2,2H3. The molecule has 0 aromatic rings. The zero-order chi connectivity index (χ0) is 8.04. The van der Waals surface area contributed by atoms with E-state index in [4.69, 9.17) is 10.2 Å². The molecule has 0 radical (unpaired) electrons. The average Bonchev–Trinajstić information content (AvgIpc) is 2.00. The van der Waals surface area contributed by atoms with E-state index in [2.05, 4.69) is 6.58 Å². The molecule has 0 spiro atoms. The highest BCUT2D eigenvalue weighted by molar-refractivity contribution is 4.77. The van der Waals surface area contributed by atoms with Crippen molar-refractivity contribution in [1.29, 1.82) is 0 Å². The lowest BCUT2D eigenvalue weighted by atomic mass is 9.87. The van der Waals surface area contributed by atoms with Gasteiger partial charge in [-0.25, -0.2) is 0 Å². The Kier molecular flexibility index (Phi) is 4.32. The van der Waals surface area contributed by atoms with Crippen molar-refractivity contribution in [3.8, 4) is 0 Å². The second kappa shape index (κ2) is 4.47. The molecular formula is C8H16O2. The lowest BCUT2D eigenvalue weighted by Crippen LogP contribution is -2.25. The molecule has 0 amide bonds. The number of rotatable bonds is 5. The van der Waals surface area contributed by atoms with Crippen LogP contribution in [0.1, 0.15) is 19.8 Å². The lowest BCUT2D eigenvalue weighted by Gasteiger charge is -2.23. The Labute approximate surface area is 62.2 Å². The number of aliphatic hydroxyl groups excluding tert-OH is 2. The van der Waals surface area contributed by atoms with E-state index in [0.717, 1.165) is 12.8 Å². The van der Waals surface area contributed by atoms with Gasteiger partial charge in [0.1, 0.15) is 0 Å². The molecule has 60 valence electrons. The van der Waals surface area contributed by atoms with Gasteiger partial charge in [-0.05, 0) is 12.8 Å². The quantitative estimate of drug-likeness (QED) is 0.564. The molecule has 0 rings (SSSR count). The van der Waals surface area contributed by atoms with Crippen molar-refractivity contribution in [2.24, 2.45) is 5.41 Å². The molecule has 2 nitrogen and oxygen atoms in total. The van der Waals surface area contributed by atoms with Crippen LogP contribution >= 0.6 is 0 Å². The Morgan fingerprint density at radius 1 is 1.40 bits per heavy atom. The van der Waals surface area contributed by atoms with Crippen molar-refractivity contribution in [2.45, 2.75) is 19.8 Å².